The molecule has 1 atom stereocenters. The van der Waals surface area contributed by atoms with Crippen molar-refractivity contribution >= 4 is 11.9 Å². The average Bonchev–Trinajstić information content (AvgIpc) is 2.60. The molecule has 0 aliphatic heterocycles. The normalized spacial score (nSPS) is 11.4. The van der Waals surface area contributed by atoms with E-state index in [-0.39, 0.29) is 17.2 Å². The molecule has 0 saturated heterocycles. The third kappa shape index (κ3) is 4.49. The molecule has 0 fully saturated rings. The summed E-state index contributed by atoms with van der Waals surface area (Å²) < 4.78 is 10.7. The van der Waals surface area contributed by atoms with Crippen LogP contribution in [-0.4, -0.2) is 30.2 Å². The zero-order chi connectivity index (χ0) is 17.5. The van der Waals surface area contributed by atoms with Crippen molar-refractivity contribution in [1.29, 1.82) is 0 Å². The summed E-state index contributed by atoms with van der Waals surface area (Å²) in [4.78, 5) is 23.1. The number of ether oxygens (including phenoxy) is 2. The van der Waals surface area contributed by atoms with Gasteiger partial charge in [0.05, 0.1) is 12.7 Å². The lowest BCUT2D eigenvalue weighted by Gasteiger charge is -2.17. The topological polar surface area (TPSA) is 84.9 Å². The molecule has 24 heavy (non-hydrogen) atoms. The van der Waals surface area contributed by atoms with Gasteiger partial charge in [0.1, 0.15) is 0 Å². The number of hydrogen-bond acceptors (Lipinski definition) is 4. The third-order valence-electron chi connectivity index (χ3n) is 3.39. The third-order valence-corrected chi connectivity index (χ3v) is 3.39. The van der Waals surface area contributed by atoms with Crippen molar-refractivity contribution in [3.05, 3.63) is 59.7 Å². The van der Waals surface area contributed by atoms with Gasteiger partial charge in [-0.3, -0.25) is 4.79 Å². The van der Waals surface area contributed by atoms with E-state index in [4.69, 9.17) is 14.6 Å². The lowest BCUT2D eigenvalue weighted by atomic mass is 10.2. The van der Waals surface area contributed by atoms with Crippen LogP contribution in [0.2, 0.25) is 0 Å². The van der Waals surface area contributed by atoms with Crippen molar-refractivity contribution in [2.45, 2.75) is 19.6 Å². The van der Waals surface area contributed by atoms with E-state index in [1.165, 1.54) is 25.3 Å². The minimum atomic E-state index is -1.06. The summed E-state index contributed by atoms with van der Waals surface area (Å²) in [5, 5.41) is 11.8. The van der Waals surface area contributed by atoms with Gasteiger partial charge in [-0.2, -0.15) is 0 Å². The standard InChI is InChI=1S/C18H19NO5/c1-12(17(20)19-11-13-6-4-3-5-7-13)24-15-9-8-14(18(21)22)10-16(15)23-2/h3-10,12H,11H2,1-2H3,(H,19,20)(H,21,22)/t12-/m1/s1. The highest BCUT2D eigenvalue weighted by Crippen LogP contribution is 2.29. The highest BCUT2D eigenvalue weighted by atomic mass is 16.5. The van der Waals surface area contributed by atoms with Gasteiger partial charge in [-0.15, -0.1) is 0 Å². The van der Waals surface area contributed by atoms with Crippen LogP contribution in [0.25, 0.3) is 0 Å². The van der Waals surface area contributed by atoms with Gasteiger partial charge < -0.3 is 19.9 Å². The fourth-order valence-electron chi connectivity index (χ4n) is 2.07. The molecule has 0 radical (unpaired) electrons. The first kappa shape index (κ1) is 17.3. The molecule has 1 amide bonds. The minimum absolute atomic E-state index is 0.0837. The Hall–Kier alpha value is -3.02. The van der Waals surface area contributed by atoms with Gasteiger partial charge in [0.25, 0.3) is 5.91 Å². The molecular weight excluding hydrogens is 310 g/mol. The zero-order valence-corrected chi connectivity index (χ0v) is 13.5. The number of benzene rings is 2. The molecule has 0 heterocycles. The number of carboxylic acid groups (broad SMARTS) is 1. The van der Waals surface area contributed by atoms with E-state index in [1.54, 1.807) is 6.92 Å². The first-order valence-corrected chi connectivity index (χ1v) is 7.41. The van der Waals surface area contributed by atoms with Crippen LogP contribution in [0.15, 0.2) is 48.5 Å². The van der Waals surface area contributed by atoms with Crippen molar-refractivity contribution in [2.75, 3.05) is 7.11 Å². The van der Waals surface area contributed by atoms with Crippen LogP contribution in [0.1, 0.15) is 22.8 Å². The van der Waals surface area contributed by atoms with E-state index in [9.17, 15) is 9.59 Å². The van der Waals surface area contributed by atoms with E-state index in [0.29, 0.717) is 12.3 Å². The number of amides is 1. The first-order chi connectivity index (χ1) is 11.5. The number of carboxylic acids is 1. The Kier molecular flexibility index (Phi) is 5.78. The van der Waals surface area contributed by atoms with Crippen LogP contribution >= 0.6 is 0 Å². The Morgan fingerprint density at radius 3 is 2.46 bits per heavy atom. The number of carbonyl (C=O) groups is 2. The van der Waals surface area contributed by atoms with Crippen LogP contribution in [0.5, 0.6) is 11.5 Å². The largest absolute Gasteiger partial charge is 0.493 e. The lowest BCUT2D eigenvalue weighted by molar-refractivity contribution is -0.127. The molecule has 6 nitrogen and oxygen atoms in total. The van der Waals surface area contributed by atoms with Gasteiger partial charge in [-0.05, 0) is 30.7 Å². The summed E-state index contributed by atoms with van der Waals surface area (Å²) in [7, 11) is 1.41. The Labute approximate surface area is 140 Å². The van der Waals surface area contributed by atoms with Crippen LogP contribution in [0, 0.1) is 0 Å². The molecule has 0 unspecified atom stereocenters. The first-order valence-electron chi connectivity index (χ1n) is 7.41. The summed E-state index contributed by atoms with van der Waals surface area (Å²) in [5.74, 6) is -0.765. The maximum absolute atomic E-state index is 12.1. The second-order valence-corrected chi connectivity index (χ2v) is 5.13. The van der Waals surface area contributed by atoms with Crippen molar-refractivity contribution in [3.63, 3.8) is 0 Å². The fourth-order valence-corrected chi connectivity index (χ4v) is 2.07. The zero-order valence-electron chi connectivity index (χ0n) is 13.5. The molecule has 0 bridgehead atoms. The van der Waals surface area contributed by atoms with E-state index < -0.39 is 12.1 Å². The molecule has 2 aromatic rings. The van der Waals surface area contributed by atoms with Crippen LogP contribution in [-0.2, 0) is 11.3 Å². The predicted octanol–water partition coefficient (Wildman–Crippen LogP) is 2.48. The summed E-state index contributed by atoms with van der Waals surface area (Å²) in [6.07, 6.45) is -0.752. The Bertz CT molecular complexity index is 715. The Morgan fingerprint density at radius 1 is 1.12 bits per heavy atom. The molecule has 6 heteroatoms. The predicted molar refractivity (Wildman–Crippen MR) is 88.3 cm³/mol. The maximum atomic E-state index is 12.1. The van der Waals surface area contributed by atoms with Crippen molar-refractivity contribution in [1.82, 2.24) is 5.32 Å². The number of aromatic carboxylic acids is 1. The van der Waals surface area contributed by atoms with Gasteiger partial charge in [0.2, 0.25) is 0 Å². The maximum Gasteiger partial charge on any atom is 0.335 e. The number of methoxy groups -OCH3 is 1. The van der Waals surface area contributed by atoms with E-state index in [1.807, 2.05) is 30.3 Å². The van der Waals surface area contributed by atoms with Crippen molar-refractivity contribution in [3.8, 4) is 11.5 Å². The molecule has 126 valence electrons. The smallest absolute Gasteiger partial charge is 0.335 e. The van der Waals surface area contributed by atoms with Crippen LogP contribution < -0.4 is 14.8 Å². The monoisotopic (exact) mass is 329 g/mol. The van der Waals surface area contributed by atoms with E-state index in [2.05, 4.69) is 5.32 Å². The minimum Gasteiger partial charge on any atom is -0.493 e. The number of hydrogen-bond donors (Lipinski definition) is 2. The molecule has 2 rings (SSSR count). The number of rotatable bonds is 7. The summed E-state index contributed by atoms with van der Waals surface area (Å²) in [6.45, 7) is 2.02. The van der Waals surface area contributed by atoms with Gasteiger partial charge in [-0.25, -0.2) is 4.79 Å². The summed E-state index contributed by atoms with van der Waals surface area (Å²) in [5.41, 5.74) is 1.07. The Balaban J connectivity index is 1.99. The molecule has 2 aromatic carbocycles. The Morgan fingerprint density at radius 2 is 1.83 bits per heavy atom. The van der Waals surface area contributed by atoms with Gasteiger partial charge in [0, 0.05) is 6.54 Å². The molecule has 0 aromatic heterocycles. The highest BCUT2D eigenvalue weighted by molar-refractivity contribution is 5.88. The van der Waals surface area contributed by atoms with Crippen LogP contribution in [0.4, 0.5) is 0 Å². The molecule has 0 spiro atoms. The molecule has 0 aliphatic rings. The molecular formula is C18H19NO5. The molecule has 0 aliphatic carbocycles. The van der Waals surface area contributed by atoms with Gasteiger partial charge in [0.15, 0.2) is 17.6 Å². The second-order valence-electron chi connectivity index (χ2n) is 5.13. The molecule has 0 saturated carbocycles. The average molecular weight is 329 g/mol. The lowest BCUT2D eigenvalue weighted by Crippen LogP contribution is -2.36. The quantitative estimate of drug-likeness (QED) is 0.815. The number of nitrogens with one attached hydrogen (secondary N) is 1. The molecule has 2 N–H and O–H groups in total. The summed E-state index contributed by atoms with van der Waals surface area (Å²) >= 11 is 0. The van der Waals surface area contributed by atoms with Crippen molar-refractivity contribution in [2.24, 2.45) is 0 Å². The SMILES string of the molecule is COc1cc(C(=O)O)ccc1O[C@H](C)C(=O)NCc1ccccc1. The van der Waals surface area contributed by atoms with Crippen LogP contribution in [0.3, 0.4) is 0 Å². The summed E-state index contributed by atoms with van der Waals surface area (Å²) in [6, 6.07) is 13.8. The second kappa shape index (κ2) is 8.01. The van der Waals surface area contributed by atoms with E-state index >= 15 is 0 Å². The van der Waals surface area contributed by atoms with Gasteiger partial charge in [-0.1, -0.05) is 30.3 Å². The van der Waals surface area contributed by atoms with Gasteiger partial charge >= 0.3 is 5.97 Å². The number of carbonyl (C=O) groups excluding carboxylic acids is 1. The fraction of sp³-hybridized carbons (Fsp3) is 0.222. The van der Waals surface area contributed by atoms with Crippen molar-refractivity contribution < 1.29 is 24.2 Å². The highest BCUT2D eigenvalue weighted by Gasteiger charge is 2.17. The van der Waals surface area contributed by atoms with E-state index in [0.717, 1.165) is 5.56 Å².